The Balaban J connectivity index is 1.62. The molecule has 23 heavy (non-hydrogen) atoms. The Morgan fingerprint density at radius 1 is 1.35 bits per heavy atom. The Morgan fingerprint density at radius 3 is 2.96 bits per heavy atom. The van der Waals surface area contributed by atoms with Gasteiger partial charge in [-0.25, -0.2) is 4.79 Å². The molecule has 0 aromatic carbocycles. The highest BCUT2D eigenvalue weighted by atomic mass is 16.6. The molecule has 0 unspecified atom stereocenters. The van der Waals surface area contributed by atoms with Crippen molar-refractivity contribution in [3.05, 3.63) is 11.6 Å². The van der Waals surface area contributed by atoms with Gasteiger partial charge in [-0.1, -0.05) is 6.42 Å². The maximum Gasteiger partial charge on any atom is 0.407 e. The van der Waals surface area contributed by atoms with Crippen molar-refractivity contribution >= 4 is 6.09 Å². The molecule has 2 aliphatic rings. The van der Waals surface area contributed by atoms with Crippen LogP contribution in [-0.4, -0.2) is 39.0 Å². The van der Waals surface area contributed by atoms with E-state index in [9.17, 15) is 4.79 Å². The van der Waals surface area contributed by atoms with Crippen molar-refractivity contribution in [2.75, 3.05) is 6.54 Å². The molecular formula is C16H27N5O2. The van der Waals surface area contributed by atoms with Gasteiger partial charge in [-0.2, -0.15) is 0 Å². The second kappa shape index (κ2) is 6.47. The number of amides is 1. The minimum atomic E-state index is -0.461. The summed E-state index contributed by atoms with van der Waals surface area (Å²) in [4.78, 5) is 12.0. The third kappa shape index (κ3) is 4.02. The maximum absolute atomic E-state index is 12.0. The van der Waals surface area contributed by atoms with Crippen LogP contribution in [0.15, 0.2) is 0 Å². The molecule has 0 bridgehead atoms. The van der Waals surface area contributed by atoms with Gasteiger partial charge in [-0.05, 0) is 40.0 Å². The summed E-state index contributed by atoms with van der Waals surface area (Å²) in [6, 6.07) is 0.151. The second-order valence-electron chi connectivity index (χ2n) is 7.51. The minimum Gasteiger partial charge on any atom is -0.444 e. The van der Waals surface area contributed by atoms with Gasteiger partial charge in [-0.15, -0.1) is 10.2 Å². The molecule has 1 aromatic rings. The molecule has 2 atom stereocenters. The molecule has 1 aromatic heterocycles. The molecule has 7 nitrogen and oxygen atoms in total. The lowest BCUT2D eigenvalue weighted by Crippen LogP contribution is -2.41. The number of rotatable bonds is 2. The van der Waals surface area contributed by atoms with Gasteiger partial charge in [0.15, 0.2) is 0 Å². The van der Waals surface area contributed by atoms with Gasteiger partial charge in [0, 0.05) is 25.0 Å². The lowest BCUT2D eigenvalue weighted by molar-refractivity contribution is 0.0489. The molecule has 3 rings (SSSR count). The molecule has 1 amide bonds. The normalized spacial score (nSPS) is 24.8. The molecule has 7 heteroatoms. The molecule has 2 N–H and O–H groups in total. The average molecular weight is 321 g/mol. The summed E-state index contributed by atoms with van der Waals surface area (Å²) in [6.07, 6.45) is 3.78. The number of alkyl carbamates (subject to hydrolysis) is 1. The Bertz CT molecular complexity index is 563. The van der Waals surface area contributed by atoms with Crippen molar-refractivity contribution in [2.45, 2.75) is 77.1 Å². The first-order chi connectivity index (χ1) is 10.9. The van der Waals surface area contributed by atoms with E-state index >= 15 is 0 Å². The predicted molar refractivity (Wildman–Crippen MR) is 86.1 cm³/mol. The zero-order valence-electron chi connectivity index (χ0n) is 14.3. The summed E-state index contributed by atoms with van der Waals surface area (Å²) in [5, 5.41) is 15.1. The SMILES string of the molecule is CC(C)(C)OC(=O)N[C@@H]1CCC[C@H](c2nnc3n2CCNC3)C1. The van der Waals surface area contributed by atoms with Crippen molar-refractivity contribution in [3.8, 4) is 0 Å². The van der Waals surface area contributed by atoms with Crippen LogP contribution in [0.2, 0.25) is 0 Å². The van der Waals surface area contributed by atoms with Crippen LogP contribution in [0.1, 0.15) is 64.0 Å². The van der Waals surface area contributed by atoms with Crippen LogP contribution >= 0.6 is 0 Å². The van der Waals surface area contributed by atoms with Gasteiger partial charge in [0.05, 0.1) is 6.54 Å². The van der Waals surface area contributed by atoms with Crippen molar-refractivity contribution in [1.29, 1.82) is 0 Å². The summed E-state index contributed by atoms with van der Waals surface area (Å²) in [7, 11) is 0. The minimum absolute atomic E-state index is 0.151. The van der Waals surface area contributed by atoms with Crippen LogP contribution < -0.4 is 10.6 Å². The zero-order valence-corrected chi connectivity index (χ0v) is 14.3. The van der Waals surface area contributed by atoms with Gasteiger partial charge >= 0.3 is 6.09 Å². The number of ether oxygens (including phenoxy) is 1. The maximum atomic E-state index is 12.0. The summed E-state index contributed by atoms with van der Waals surface area (Å²) in [6.45, 7) is 8.33. The van der Waals surface area contributed by atoms with Crippen molar-refractivity contribution in [3.63, 3.8) is 0 Å². The highest BCUT2D eigenvalue weighted by Gasteiger charge is 2.30. The fourth-order valence-electron chi connectivity index (χ4n) is 3.45. The number of hydrogen-bond acceptors (Lipinski definition) is 5. The van der Waals surface area contributed by atoms with Gasteiger partial charge in [-0.3, -0.25) is 0 Å². The molecule has 0 saturated heterocycles. The standard InChI is InChI=1S/C16H27N5O2/c1-16(2,3)23-15(22)18-12-6-4-5-11(9-12)14-20-19-13-10-17-7-8-21(13)14/h11-12,17H,4-10H2,1-3H3,(H,18,22)/t11-,12+/m0/s1. The molecule has 2 heterocycles. The van der Waals surface area contributed by atoms with Crippen LogP contribution in [0.4, 0.5) is 4.79 Å². The number of aromatic nitrogens is 3. The largest absolute Gasteiger partial charge is 0.444 e. The first-order valence-corrected chi connectivity index (χ1v) is 8.54. The summed E-state index contributed by atoms with van der Waals surface area (Å²) < 4.78 is 7.61. The van der Waals surface area contributed by atoms with Crippen molar-refractivity contribution in [1.82, 2.24) is 25.4 Å². The summed E-state index contributed by atoms with van der Waals surface area (Å²) >= 11 is 0. The Labute approximate surface area is 137 Å². The zero-order chi connectivity index (χ0) is 16.4. The van der Waals surface area contributed by atoms with E-state index in [4.69, 9.17) is 4.74 Å². The summed E-state index contributed by atoms with van der Waals surface area (Å²) in [5.74, 6) is 2.47. The molecule has 0 radical (unpaired) electrons. The third-order valence-corrected chi connectivity index (χ3v) is 4.41. The van der Waals surface area contributed by atoms with Crippen LogP contribution in [0.25, 0.3) is 0 Å². The highest BCUT2D eigenvalue weighted by Crippen LogP contribution is 2.32. The van der Waals surface area contributed by atoms with Crippen LogP contribution in [0, 0.1) is 0 Å². The van der Waals surface area contributed by atoms with E-state index < -0.39 is 5.60 Å². The summed E-state index contributed by atoms with van der Waals surface area (Å²) in [5.41, 5.74) is -0.461. The monoisotopic (exact) mass is 321 g/mol. The number of carbonyl (C=O) groups is 1. The average Bonchev–Trinajstić information content (AvgIpc) is 2.89. The number of fused-ring (bicyclic) bond motifs is 1. The number of carbonyl (C=O) groups excluding carboxylic acids is 1. The fraction of sp³-hybridized carbons (Fsp3) is 0.812. The molecule has 1 aliphatic heterocycles. The van der Waals surface area contributed by atoms with Gasteiger partial charge in [0.2, 0.25) is 0 Å². The van der Waals surface area contributed by atoms with Gasteiger partial charge < -0.3 is 19.9 Å². The molecular weight excluding hydrogens is 294 g/mol. The Hall–Kier alpha value is -1.63. The van der Waals surface area contributed by atoms with Crippen LogP contribution in [0.5, 0.6) is 0 Å². The van der Waals surface area contributed by atoms with E-state index in [2.05, 4.69) is 25.4 Å². The van der Waals surface area contributed by atoms with Gasteiger partial charge in [0.1, 0.15) is 17.2 Å². The number of hydrogen-bond donors (Lipinski definition) is 2. The van der Waals surface area contributed by atoms with Crippen LogP contribution in [0.3, 0.4) is 0 Å². The lowest BCUT2D eigenvalue weighted by atomic mass is 9.85. The molecule has 128 valence electrons. The van der Waals surface area contributed by atoms with E-state index in [-0.39, 0.29) is 12.1 Å². The highest BCUT2D eigenvalue weighted by molar-refractivity contribution is 5.68. The van der Waals surface area contributed by atoms with E-state index in [1.54, 1.807) is 0 Å². The van der Waals surface area contributed by atoms with E-state index in [0.29, 0.717) is 5.92 Å². The predicted octanol–water partition coefficient (Wildman–Crippen LogP) is 1.93. The Morgan fingerprint density at radius 2 is 2.17 bits per heavy atom. The van der Waals surface area contributed by atoms with E-state index in [1.807, 2.05) is 20.8 Å². The number of nitrogens with zero attached hydrogens (tertiary/aromatic N) is 3. The quantitative estimate of drug-likeness (QED) is 0.870. The van der Waals surface area contributed by atoms with E-state index in [0.717, 1.165) is 57.0 Å². The third-order valence-electron chi connectivity index (χ3n) is 4.41. The second-order valence-corrected chi connectivity index (χ2v) is 7.51. The topological polar surface area (TPSA) is 81.1 Å². The molecule has 1 saturated carbocycles. The van der Waals surface area contributed by atoms with E-state index in [1.165, 1.54) is 0 Å². The molecule has 1 aliphatic carbocycles. The first-order valence-electron chi connectivity index (χ1n) is 8.54. The lowest BCUT2D eigenvalue weighted by Gasteiger charge is -2.31. The van der Waals surface area contributed by atoms with Crippen molar-refractivity contribution < 1.29 is 9.53 Å². The molecule has 0 spiro atoms. The Kier molecular flexibility index (Phi) is 4.57. The van der Waals surface area contributed by atoms with Crippen molar-refractivity contribution in [2.24, 2.45) is 0 Å². The molecule has 1 fully saturated rings. The smallest absolute Gasteiger partial charge is 0.407 e. The first kappa shape index (κ1) is 16.2. The number of nitrogens with one attached hydrogen (secondary N) is 2. The fourth-order valence-corrected chi connectivity index (χ4v) is 3.45. The van der Waals surface area contributed by atoms with Gasteiger partial charge in [0.25, 0.3) is 0 Å². The van der Waals surface area contributed by atoms with Crippen LogP contribution in [-0.2, 0) is 17.8 Å².